The van der Waals surface area contributed by atoms with Gasteiger partial charge in [-0.05, 0) is 41.0 Å². The quantitative estimate of drug-likeness (QED) is 0.923. The van der Waals surface area contributed by atoms with E-state index in [1.54, 1.807) is 0 Å². The summed E-state index contributed by atoms with van der Waals surface area (Å²) in [5, 5.41) is 3.45. The average molecular weight is 311 g/mol. The summed E-state index contributed by atoms with van der Waals surface area (Å²) >= 11 is 0. The Morgan fingerprint density at radius 1 is 1.19 bits per heavy atom. The number of rotatable bonds is 3. The van der Waals surface area contributed by atoms with Crippen LogP contribution in [0, 0.1) is 13.8 Å². The third kappa shape index (κ3) is 4.23. The maximum atomic E-state index is 11.6. The molecule has 1 N–H and O–H groups in total. The molecular formula is C15H25N3O2S. The van der Waals surface area contributed by atoms with Gasteiger partial charge in [0.25, 0.3) is 0 Å². The summed E-state index contributed by atoms with van der Waals surface area (Å²) < 4.78 is 23.2. The number of hydrogen-bond acceptors (Lipinski definition) is 5. The fraction of sp³-hybridized carbons (Fsp3) is 0.733. The van der Waals surface area contributed by atoms with Gasteiger partial charge in [-0.3, -0.25) is 0 Å². The highest BCUT2D eigenvalue weighted by Gasteiger charge is 2.31. The zero-order chi connectivity index (χ0) is 15.8. The van der Waals surface area contributed by atoms with Crippen molar-refractivity contribution in [1.29, 1.82) is 0 Å². The van der Waals surface area contributed by atoms with Crippen molar-refractivity contribution in [2.45, 2.75) is 59.0 Å². The summed E-state index contributed by atoms with van der Waals surface area (Å²) in [6.45, 7) is 11.0. The number of nitrogens with zero attached hydrogens (tertiary/aromatic N) is 2. The van der Waals surface area contributed by atoms with E-state index in [4.69, 9.17) is 0 Å². The first-order valence-electron chi connectivity index (χ1n) is 7.37. The van der Waals surface area contributed by atoms with E-state index in [1.807, 2.05) is 13.8 Å². The number of aryl methyl sites for hydroxylation is 2. The summed E-state index contributed by atoms with van der Waals surface area (Å²) in [6, 6.07) is 0. The number of hydrogen-bond donors (Lipinski definition) is 1. The number of aromatic nitrogens is 2. The Morgan fingerprint density at radius 3 is 2.19 bits per heavy atom. The van der Waals surface area contributed by atoms with E-state index in [1.165, 1.54) is 0 Å². The van der Waals surface area contributed by atoms with Gasteiger partial charge in [0.15, 0.2) is 9.84 Å². The van der Waals surface area contributed by atoms with Crippen LogP contribution in [0.3, 0.4) is 0 Å². The summed E-state index contributed by atoms with van der Waals surface area (Å²) in [6.07, 6.45) is 0.640. The molecule has 1 saturated heterocycles. The molecule has 1 aliphatic rings. The molecule has 1 aromatic rings. The van der Waals surface area contributed by atoms with Crippen LogP contribution in [0.15, 0.2) is 0 Å². The maximum Gasteiger partial charge on any atom is 0.151 e. The van der Waals surface area contributed by atoms with Crippen molar-refractivity contribution in [1.82, 2.24) is 15.3 Å². The molecule has 0 aromatic carbocycles. The van der Waals surface area contributed by atoms with E-state index < -0.39 is 9.84 Å². The van der Waals surface area contributed by atoms with Crippen LogP contribution in [0.5, 0.6) is 0 Å². The Balaban J connectivity index is 2.21. The second-order valence-corrected chi connectivity index (χ2v) is 9.16. The monoisotopic (exact) mass is 311 g/mol. The van der Waals surface area contributed by atoms with Crippen molar-refractivity contribution in [3.05, 3.63) is 22.8 Å². The minimum atomic E-state index is -2.90. The predicted octanol–water partition coefficient (Wildman–Crippen LogP) is 1.88. The van der Waals surface area contributed by atoms with Crippen molar-refractivity contribution in [2.24, 2.45) is 0 Å². The fourth-order valence-corrected chi connectivity index (χ4v) is 4.30. The zero-order valence-electron chi connectivity index (χ0n) is 13.5. The van der Waals surface area contributed by atoms with Gasteiger partial charge in [0.1, 0.15) is 5.82 Å². The molecule has 1 unspecified atom stereocenters. The van der Waals surface area contributed by atoms with E-state index in [2.05, 4.69) is 36.1 Å². The topological polar surface area (TPSA) is 72.0 Å². The maximum absolute atomic E-state index is 11.6. The van der Waals surface area contributed by atoms with E-state index >= 15 is 0 Å². The Kier molecular flexibility index (Phi) is 4.40. The molecule has 6 heteroatoms. The van der Waals surface area contributed by atoms with Gasteiger partial charge in [-0.25, -0.2) is 18.4 Å². The smallest absolute Gasteiger partial charge is 0.151 e. The lowest BCUT2D eigenvalue weighted by Crippen LogP contribution is -2.35. The molecule has 21 heavy (non-hydrogen) atoms. The zero-order valence-corrected chi connectivity index (χ0v) is 14.3. The molecule has 2 heterocycles. The van der Waals surface area contributed by atoms with Crippen LogP contribution >= 0.6 is 0 Å². The van der Waals surface area contributed by atoms with Crippen molar-refractivity contribution in [3.63, 3.8) is 0 Å². The lowest BCUT2D eigenvalue weighted by molar-refractivity contribution is 0.422. The van der Waals surface area contributed by atoms with Gasteiger partial charge < -0.3 is 5.32 Å². The molecule has 5 nitrogen and oxygen atoms in total. The van der Waals surface area contributed by atoms with Crippen LogP contribution < -0.4 is 5.32 Å². The van der Waals surface area contributed by atoms with Gasteiger partial charge in [-0.15, -0.1) is 0 Å². The highest BCUT2D eigenvalue weighted by Crippen LogP contribution is 2.27. The average Bonchev–Trinajstić information content (AvgIpc) is 2.67. The summed E-state index contributed by atoms with van der Waals surface area (Å²) in [5.74, 6) is 1.08. The van der Waals surface area contributed by atoms with Crippen LogP contribution in [0.1, 0.15) is 55.9 Å². The van der Waals surface area contributed by atoms with Crippen molar-refractivity contribution >= 4 is 9.84 Å². The third-order valence-electron chi connectivity index (χ3n) is 3.83. The minimum Gasteiger partial charge on any atom is -0.308 e. The fourth-order valence-electron chi connectivity index (χ4n) is 2.56. The van der Waals surface area contributed by atoms with E-state index in [9.17, 15) is 8.42 Å². The molecule has 2 rings (SSSR count). The van der Waals surface area contributed by atoms with Crippen LogP contribution in [0.2, 0.25) is 0 Å². The lowest BCUT2D eigenvalue weighted by atomic mass is 10.1. The molecule has 0 amide bonds. The molecule has 1 atom stereocenters. The second-order valence-electron chi connectivity index (χ2n) is 6.93. The van der Waals surface area contributed by atoms with Crippen LogP contribution in [0.25, 0.3) is 0 Å². The van der Waals surface area contributed by atoms with Crippen LogP contribution in [0.4, 0.5) is 0 Å². The summed E-state index contributed by atoms with van der Waals surface area (Å²) in [5.41, 5.74) is 3.03. The standard InChI is InChI=1S/C15H25N3O2S/c1-10-13(8-16-15(3,4)5)11(2)18-14(17-10)12-6-7-21(19,20)9-12/h12,16H,6-9H2,1-5H3. The van der Waals surface area contributed by atoms with Gasteiger partial charge in [0.05, 0.1) is 11.5 Å². The van der Waals surface area contributed by atoms with Gasteiger partial charge in [-0.2, -0.15) is 0 Å². The van der Waals surface area contributed by atoms with E-state index in [0.29, 0.717) is 12.2 Å². The van der Waals surface area contributed by atoms with Crippen LogP contribution in [-0.2, 0) is 16.4 Å². The van der Waals surface area contributed by atoms with Crippen molar-refractivity contribution in [2.75, 3.05) is 11.5 Å². The van der Waals surface area contributed by atoms with Gasteiger partial charge in [0.2, 0.25) is 0 Å². The van der Waals surface area contributed by atoms with Gasteiger partial charge >= 0.3 is 0 Å². The summed E-state index contributed by atoms with van der Waals surface area (Å²) in [4.78, 5) is 9.13. The first kappa shape index (κ1) is 16.4. The molecule has 0 bridgehead atoms. The Bertz CT molecular complexity index is 610. The largest absolute Gasteiger partial charge is 0.308 e. The molecule has 0 radical (unpaired) electrons. The number of sulfone groups is 1. The SMILES string of the molecule is Cc1nc(C2CCS(=O)(=O)C2)nc(C)c1CNC(C)(C)C. The molecule has 0 spiro atoms. The van der Waals surface area contributed by atoms with Crippen molar-refractivity contribution < 1.29 is 8.42 Å². The Morgan fingerprint density at radius 2 is 1.76 bits per heavy atom. The molecule has 1 aromatic heterocycles. The highest BCUT2D eigenvalue weighted by molar-refractivity contribution is 7.91. The van der Waals surface area contributed by atoms with E-state index in [0.717, 1.165) is 23.5 Å². The molecule has 118 valence electrons. The van der Waals surface area contributed by atoms with Crippen LogP contribution in [-0.4, -0.2) is 35.4 Å². The van der Waals surface area contributed by atoms with E-state index in [-0.39, 0.29) is 23.0 Å². The minimum absolute atomic E-state index is 0.0388. The first-order valence-corrected chi connectivity index (χ1v) is 9.19. The molecule has 1 aliphatic heterocycles. The molecule has 1 fully saturated rings. The Labute approximate surface area is 127 Å². The molecule has 0 aliphatic carbocycles. The number of nitrogens with one attached hydrogen (secondary N) is 1. The lowest BCUT2D eigenvalue weighted by Gasteiger charge is -2.22. The molecule has 0 saturated carbocycles. The van der Waals surface area contributed by atoms with Crippen molar-refractivity contribution in [3.8, 4) is 0 Å². The van der Waals surface area contributed by atoms with Gasteiger partial charge in [-0.1, -0.05) is 0 Å². The third-order valence-corrected chi connectivity index (χ3v) is 5.60. The second kappa shape index (κ2) is 5.65. The first-order chi connectivity index (χ1) is 9.57. The predicted molar refractivity (Wildman–Crippen MR) is 84.1 cm³/mol. The normalized spacial score (nSPS) is 21.7. The van der Waals surface area contributed by atoms with Gasteiger partial charge in [0, 0.05) is 35.0 Å². The Hall–Kier alpha value is -1.01. The molecular weight excluding hydrogens is 286 g/mol. The summed E-state index contributed by atoms with van der Waals surface area (Å²) in [7, 11) is -2.90. The highest BCUT2D eigenvalue weighted by atomic mass is 32.2.